The van der Waals surface area contributed by atoms with Crippen LogP contribution in [0.5, 0.6) is 0 Å². The Labute approximate surface area is 167 Å². The quantitative estimate of drug-likeness (QED) is 0.732. The first-order chi connectivity index (χ1) is 13.7. The molecule has 0 unspecified atom stereocenters. The number of nitrogens with zero attached hydrogens (tertiary/aromatic N) is 5. The van der Waals surface area contributed by atoms with Crippen molar-refractivity contribution in [2.24, 2.45) is 0 Å². The third kappa shape index (κ3) is 4.09. The Bertz CT molecular complexity index is 942. The lowest BCUT2D eigenvalue weighted by molar-refractivity contribution is 0.0925. The largest absolute Gasteiger partial charge is 0.355 e. The Kier molecular flexibility index (Phi) is 5.43. The molecule has 4 rings (SSSR count). The molecule has 1 amide bonds. The maximum atomic E-state index is 12.2. The van der Waals surface area contributed by atoms with Gasteiger partial charge in [-0.15, -0.1) is 10.2 Å². The highest BCUT2D eigenvalue weighted by molar-refractivity contribution is 6.33. The molecule has 0 atom stereocenters. The average molecular weight is 395 g/mol. The van der Waals surface area contributed by atoms with Crippen LogP contribution in [0.3, 0.4) is 0 Å². The molecule has 3 aromatic rings. The predicted molar refractivity (Wildman–Crippen MR) is 107 cm³/mol. The Balaban J connectivity index is 1.35. The van der Waals surface area contributed by atoms with Gasteiger partial charge >= 0.3 is 0 Å². The van der Waals surface area contributed by atoms with E-state index in [0.29, 0.717) is 10.7 Å². The fourth-order valence-electron chi connectivity index (χ4n) is 3.24. The van der Waals surface area contributed by atoms with Gasteiger partial charge in [-0.1, -0.05) is 29.8 Å². The van der Waals surface area contributed by atoms with Gasteiger partial charge in [0.15, 0.2) is 5.82 Å². The summed E-state index contributed by atoms with van der Waals surface area (Å²) in [6.07, 6.45) is 6.20. The summed E-state index contributed by atoms with van der Waals surface area (Å²) in [4.78, 5) is 22.3. The van der Waals surface area contributed by atoms with E-state index in [-0.39, 0.29) is 11.9 Å². The summed E-state index contributed by atoms with van der Waals surface area (Å²) in [6, 6.07) is 11.6. The number of halogens is 1. The molecule has 1 aliphatic heterocycles. The summed E-state index contributed by atoms with van der Waals surface area (Å²) in [5.74, 6) is 0.643. The molecule has 3 heterocycles. The highest BCUT2D eigenvalue weighted by atomic mass is 35.5. The van der Waals surface area contributed by atoms with Crippen molar-refractivity contribution < 1.29 is 4.79 Å². The lowest BCUT2D eigenvalue weighted by atomic mass is 10.0. The first-order valence-corrected chi connectivity index (χ1v) is 9.49. The van der Waals surface area contributed by atoms with Gasteiger partial charge in [-0.05, 0) is 31.0 Å². The molecule has 1 aromatic carbocycles. The number of amides is 1. The summed E-state index contributed by atoms with van der Waals surface area (Å²) in [5, 5.41) is 12.4. The number of rotatable bonds is 4. The van der Waals surface area contributed by atoms with E-state index in [1.807, 2.05) is 36.4 Å². The number of carbonyl (C=O) groups excluding carboxylic acids is 1. The van der Waals surface area contributed by atoms with Gasteiger partial charge in [0.1, 0.15) is 5.69 Å². The van der Waals surface area contributed by atoms with Crippen LogP contribution in [0.25, 0.3) is 11.3 Å². The molecule has 28 heavy (non-hydrogen) atoms. The second-order valence-electron chi connectivity index (χ2n) is 6.58. The second kappa shape index (κ2) is 8.31. The smallest absolute Gasteiger partial charge is 0.271 e. The highest BCUT2D eigenvalue weighted by Crippen LogP contribution is 2.26. The van der Waals surface area contributed by atoms with Gasteiger partial charge in [0.25, 0.3) is 5.91 Å². The predicted octanol–water partition coefficient (Wildman–Crippen LogP) is 2.99. The lowest BCUT2D eigenvalue weighted by Gasteiger charge is -2.32. The average Bonchev–Trinajstić information content (AvgIpc) is 2.75. The molecule has 1 aliphatic rings. The van der Waals surface area contributed by atoms with Crippen LogP contribution in [0, 0.1) is 0 Å². The maximum absolute atomic E-state index is 12.2. The van der Waals surface area contributed by atoms with Crippen LogP contribution in [0.15, 0.2) is 55.0 Å². The van der Waals surface area contributed by atoms with Crippen molar-refractivity contribution in [1.82, 2.24) is 25.5 Å². The number of benzene rings is 1. The highest BCUT2D eigenvalue weighted by Gasteiger charge is 2.22. The van der Waals surface area contributed by atoms with E-state index in [1.54, 1.807) is 6.20 Å². The normalized spacial score (nSPS) is 14.7. The Hall–Kier alpha value is -3.06. The van der Waals surface area contributed by atoms with E-state index in [1.165, 1.54) is 12.4 Å². The second-order valence-corrected chi connectivity index (χ2v) is 6.99. The van der Waals surface area contributed by atoms with E-state index in [2.05, 4.69) is 30.4 Å². The van der Waals surface area contributed by atoms with Crippen molar-refractivity contribution in [2.75, 3.05) is 18.0 Å². The summed E-state index contributed by atoms with van der Waals surface area (Å²) >= 11 is 6.23. The zero-order valence-electron chi connectivity index (χ0n) is 15.1. The van der Waals surface area contributed by atoms with E-state index < -0.39 is 0 Å². The Morgan fingerprint density at radius 1 is 1.07 bits per heavy atom. The van der Waals surface area contributed by atoms with Crippen molar-refractivity contribution in [3.8, 4) is 11.3 Å². The number of anilines is 1. The standard InChI is InChI=1S/C20H19ClN6O/c21-16-4-2-1-3-15(16)17-5-6-19(26-25-17)27-11-7-14(8-12-27)24-20(28)18-13-22-9-10-23-18/h1-6,9-10,13-14H,7-8,11-12H2,(H,24,28). The first kappa shape index (κ1) is 18.3. The molecule has 2 aromatic heterocycles. The molecule has 142 valence electrons. The van der Waals surface area contributed by atoms with Crippen LogP contribution in [-0.2, 0) is 0 Å². The number of nitrogens with one attached hydrogen (secondary N) is 1. The molecule has 0 spiro atoms. The van der Waals surface area contributed by atoms with Gasteiger partial charge in [-0.3, -0.25) is 9.78 Å². The van der Waals surface area contributed by atoms with Crippen molar-refractivity contribution >= 4 is 23.3 Å². The molecule has 0 saturated carbocycles. The van der Waals surface area contributed by atoms with E-state index in [9.17, 15) is 4.79 Å². The molecule has 7 nitrogen and oxygen atoms in total. The molecule has 8 heteroatoms. The number of piperidine rings is 1. The monoisotopic (exact) mass is 394 g/mol. The summed E-state index contributed by atoms with van der Waals surface area (Å²) in [7, 11) is 0. The minimum atomic E-state index is -0.185. The van der Waals surface area contributed by atoms with Crippen LogP contribution >= 0.6 is 11.6 Å². The number of hydrogen-bond acceptors (Lipinski definition) is 6. The summed E-state index contributed by atoms with van der Waals surface area (Å²) in [6.45, 7) is 1.59. The van der Waals surface area contributed by atoms with Crippen LogP contribution < -0.4 is 10.2 Å². The minimum Gasteiger partial charge on any atom is -0.355 e. The summed E-state index contributed by atoms with van der Waals surface area (Å²) in [5.41, 5.74) is 1.96. The molecule has 0 aliphatic carbocycles. The molecule has 0 bridgehead atoms. The molecule has 1 N–H and O–H groups in total. The van der Waals surface area contributed by atoms with Crippen LogP contribution in [0.2, 0.25) is 5.02 Å². The van der Waals surface area contributed by atoms with Gasteiger partial charge in [0.05, 0.1) is 16.9 Å². The minimum absolute atomic E-state index is 0.112. The van der Waals surface area contributed by atoms with Crippen molar-refractivity contribution in [3.63, 3.8) is 0 Å². The Morgan fingerprint density at radius 3 is 2.57 bits per heavy atom. The molecule has 1 saturated heterocycles. The first-order valence-electron chi connectivity index (χ1n) is 9.11. The van der Waals surface area contributed by atoms with Crippen molar-refractivity contribution in [2.45, 2.75) is 18.9 Å². The number of hydrogen-bond donors (Lipinski definition) is 1. The third-order valence-electron chi connectivity index (χ3n) is 4.75. The fourth-order valence-corrected chi connectivity index (χ4v) is 3.47. The van der Waals surface area contributed by atoms with E-state index >= 15 is 0 Å². The Morgan fingerprint density at radius 2 is 1.89 bits per heavy atom. The van der Waals surface area contributed by atoms with Gasteiger partial charge in [-0.2, -0.15) is 0 Å². The molecular formula is C20H19ClN6O. The van der Waals surface area contributed by atoms with Gasteiger partial charge in [0.2, 0.25) is 0 Å². The van der Waals surface area contributed by atoms with Crippen LogP contribution in [-0.4, -0.2) is 45.2 Å². The zero-order chi connectivity index (χ0) is 19.3. The number of carbonyl (C=O) groups is 1. The number of aromatic nitrogens is 4. The summed E-state index contributed by atoms with van der Waals surface area (Å²) < 4.78 is 0. The zero-order valence-corrected chi connectivity index (χ0v) is 15.9. The van der Waals surface area contributed by atoms with Crippen molar-refractivity contribution in [3.05, 3.63) is 65.7 Å². The fraction of sp³-hybridized carbons (Fsp3) is 0.250. The molecule has 1 fully saturated rings. The topological polar surface area (TPSA) is 83.9 Å². The molecular weight excluding hydrogens is 376 g/mol. The van der Waals surface area contributed by atoms with Crippen molar-refractivity contribution in [1.29, 1.82) is 0 Å². The van der Waals surface area contributed by atoms with Gasteiger partial charge in [-0.25, -0.2) is 4.98 Å². The van der Waals surface area contributed by atoms with E-state index in [0.717, 1.165) is 43.0 Å². The van der Waals surface area contributed by atoms with Gasteiger partial charge in [0, 0.05) is 37.1 Å². The lowest BCUT2D eigenvalue weighted by Crippen LogP contribution is -2.45. The van der Waals surface area contributed by atoms with Gasteiger partial charge < -0.3 is 10.2 Å². The molecule has 0 radical (unpaired) electrons. The van der Waals surface area contributed by atoms with Crippen LogP contribution in [0.1, 0.15) is 23.3 Å². The third-order valence-corrected chi connectivity index (χ3v) is 5.08. The van der Waals surface area contributed by atoms with E-state index in [4.69, 9.17) is 11.6 Å². The maximum Gasteiger partial charge on any atom is 0.271 e. The SMILES string of the molecule is O=C(NC1CCN(c2ccc(-c3ccccc3Cl)nn2)CC1)c1cnccn1. The van der Waals surface area contributed by atoms with Crippen LogP contribution in [0.4, 0.5) is 5.82 Å².